The molecule has 0 spiro atoms. The van der Waals surface area contributed by atoms with Gasteiger partial charge in [-0.15, -0.1) is 0 Å². The second-order valence-electron chi connectivity index (χ2n) is 3.91. The lowest BCUT2D eigenvalue weighted by Crippen LogP contribution is -2.38. The topological polar surface area (TPSA) is 74.7 Å². The van der Waals surface area contributed by atoms with E-state index in [1.165, 1.54) is 16.4 Å². The molecule has 5 nitrogen and oxygen atoms in total. The number of para-hydroxylation sites is 1. The smallest absolute Gasteiger partial charge is 0.246 e. The highest BCUT2D eigenvalue weighted by atomic mass is 32.2. The summed E-state index contributed by atoms with van der Waals surface area (Å²) in [5, 5.41) is 9.56. The van der Waals surface area contributed by atoms with Gasteiger partial charge in [0.05, 0.1) is 0 Å². The third kappa shape index (κ3) is 2.32. The molecule has 1 aromatic rings. The van der Waals surface area contributed by atoms with Crippen molar-refractivity contribution in [2.24, 2.45) is 0 Å². The maximum Gasteiger partial charge on any atom is 0.246 e. The van der Waals surface area contributed by atoms with Crippen molar-refractivity contribution in [3.63, 3.8) is 0 Å². The van der Waals surface area contributed by atoms with Crippen LogP contribution in [0.4, 0.5) is 0 Å². The molecule has 0 aliphatic carbocycles. The minimum atomic E-state index is -3.69. The molecule has 17 heavy (non-hydrogen) atoms. The summed E-state index contributed by atoms with van der Waals surface area (Å²) in [5.74, 6) is -0.182. The largest absolute Gasteiger partial charge is 0.507 e. The summed E-state index contributed by atoms with van der Waals surface area (Å²) in [7, 11) is -3.69. The number of rotatable bonds is 2. The van der Waals surface area contributed by atoms with Crippen LogP contribution in [-0.2, 0) is 14.8 Å². The van der Waals surface area contributed by atoms with Gasteiger partial charge < -0.3 is 5.11 Å². The van der Waals surface area contributed by atoms with E-state index in [9.17, 15) is 18.3 Å². The third-order valence-corrected chi connectivity index (χ3v) is 4.71. The number of nitrogens with zero attached hydrogens (tertiary/aromatic N) is 1. The van der Waals surface area contributed by atoms with Crippen LogP contribution in [0.25, 0.3) is 0 Å². The Hall–Kier alpha value is -1.40. The van der Waals surface area contributed by atoms with Gasteiger partial charge in [-0.1, -0.05) is 12.1 Å². The number of benzene rings is 1. The number of phenolic OH excluding ortho intramolecular Hbond substituents is 1. The van der Waals surface area contributed by atoms with Crippen LogP contribution in [0, 0.1) is 0 Å². The van der Waals surface area contributed by atoms with Gasteiger partial charge in [0.25, 0.3) is 0 Å². The maximum absolute atomic E-state index is 12.2. The Morgan fingerprint density at radius 2 is 1.71 bits per heavy atom. The van der Waals surface area contributed by atoms with E-state index in [4.69, 9.17) is 0 Å². The Kier molecular flexibility index (Phi) is 3.17. The Balaban J connectivity index is 2.31. The van der Waals surface area contributed by atoms with E-state index < -0.39 is 10.0 Å². The summed E-state index contributed by atoms with van der Waals surface area (Å²) < 4.78 is 25.6. The molecule has 0 unspecified atom stereocenters. The average molecular weight is 255 g/mol. The number of piperidine rings is 1. The lowest BCUT2D eigenvalue weighted by molar-refractivity contribution is -0.120. The lowest BCUT2D eigenvalue weighted by Gasteiger charge is -2.25. The summed E-state index contributed by atoms with van der Waals surface area (Å²) in [5.41, 5.74) is 0. The molecule has 1 aliphatic heterocycles. The van der Waals surface area contributed by atoms with Crippen LogP contribution in [0.2, 0.25) is 0 Å². The first-order chi connectivity index (χ1) is 8.01. The van der Waals surface area contributed by atoms with Crippen LogP contribution in [0.1, 0.15) is 12.8 Å². The molecule has 0 radical (unpaired) electrons. The molecule has 0 aromatic heterocycles. The number of carbonyl (C=O) groups is 1. The molecule has 6 heteroatoms. The van der Waals surface area contributed by atoms with Crippen molar-refractivity contribution >= 4 is 15.8 Å². The second kappa shape index (κ2) is 4.46. The highest BCUT2D eigenvalue weighted by molar-refractivity contribution is 7.89. The summed E-state index contributed by atoms with van der Waals surface area (Å²) in [6.07, 6.45) is 0.486. The zero-order valence-corrected chi connectivity index (χ0v) is 9.98. The molecule has 1 aliphatic rings. The second-order valence-corrected chi connectivity index (χ2v) is 5.82. The van der Waals surface area contributed by atoms with Crippen molar-refractivity contribution in [3.05, 3.63) is 24.3 Å². The maximum atomic E-state index is 12.2. The van der Waals surface area contributed by atoms with Gasteiger partial charge in [0.2, 0.25) is 10.0 Å². The molecule has 1 N–H and O–H groups in total. The van der Waals surface area contributed by atoms with Gasteiger partial charge >= 0.3 is 0 Å². The van der Waals surface area contributed by atoms with E-state index in [0.29, 0.717) is 0 Å². The molecule has 2 rings (SSSR count). The standard InChI is InChI=1S/C11H13NO4S/c13-9-5-7-12(8-6-9)17(15,16)11-4-2-1-3-10(11)14/h1-4,14H,5-8H2. The molecular formula is C11H13NO4S. The first kappa shape index (κ1) is 12.1. The quantitative estimate of drug-likeness (QED) is 0.846. The molecule has 0 saturated carbocycles. The van der Waals surface area contributed by atoms with Gasteiger partial charge in [0, 0.05) is 25.9 Å². The molecule has 1 saturated heterocycles. The molecule has 1 fully saturated rings. The van der Waals surface area contributed by atoms with E-state index in [0.717, 1.165) is 0 Å². The van der Waals surface area contributed by atoms with Gasteiger partial charge in [-0.3, -0.25) is 4.79 Å². The van der Waals surface area contributed by atoms with Gasteiger partial charge in [0.1, 0.15) is 16.4 Å². The Labute approximate surface area is 99.7 Å². The van der Waals surface area contributed by atoms with Crippen molar-refractivity contribution in [2.75, 3.05) is 13.1 Å². The fourth-order valence-corrected chi connectivity index (χ4v) is 3.31. The van der Waals surface area contributed by atoms with E-state index in [2.05, 4.69) is 0 Å². The SMILES string of the molecule is O=C1CCN(S(=O)(=O)c2ccccc2O)CC1. The Morgan fingerprint density at radius 3 is 2.29 bits per heavy atom. The van der Waals surface area contributed by atoms with Crippen LogP contribution in [0.5, 0.6) is 5.75 Å². The number of aromatic hydroxyl groups is 1. The van der Waals surface area contributed by atoms with Gasteiger partial charge in [-0.2, -0.15) is 4.31 Å². The van der Waals surface area contributed by atoms with Crippen LogP contribution in [-0.4, -0.2) is 36.7 Å². The summed E-state index contributed by atoms with van der Waals surface area (Å²) in [4.78, 5) is 11.0. The van der Waals surface area contributed by atoms with Gasteiger partial charge in [-0.25, -0.2) is 8.42 Å². The molecule has 92 valence electrons. The number of Topliss-reactive ketones (excluding diaryl/α,β-unsaturated/α-hetero) is 1. The van der Waals surface area contributed by atoms with Crippen molar-refractivity contribution < 1.29 is 18.3 Å². The van der Waals surface area contributed by atoms with Gasteiger partial charge in [0.15, 0.2) is 0 Å². The predicted molar refractivity (Wildman–Crippen MR) is 61.1 cm³/mol. The normalized spacial score (nSPS) is 18.2. The number of hydrogen-bond acceptors (Lipinski definition) is 4. The number of ketones is 1. The first-order valence-electron chi connectivity index (χ1n) is 5.31. The summed E-state index contributed by atoms with van der Waals surface area (Å²) in [6.45, 7) is 0.380. The number of hydrogen-bond donors (Lipinski definition) is 1. The zero-order chi connectivity index (χ0) is 12.5. The molecule has 1 aromatic carbocycles. The number of carbonyl (C=O) groups excluding carboxylic acids is 1. The van der Waals surface area contributed by atoms with E-state index in [1.54, 1.807) is 12.1 Å². The van der Waals surface area contributed by atoms with E-state index in [1.807, 2.05) is 0 Å². The average Bonchev–Trinajstić information content (AvgIpc) is 2.30. The van der Waals surface area contributed by atoms with Crippen LogP contribution in [0.15, 0.2) is 29.2 Å². The van der Waals surface area contributed by atoms with Crippen molar-refractivity contribution in [2.45, 2.75) is 17.7 Å². The molecule has 0 bridgehead atoms. The minimum Gasteiger partial charge on any atom is -0.507 e. The number of phenols is 1. The molecular weight excluding hydrogens is 242 g/mol. The lowest BCUT2D eigenvalue weighted by atomic mass is 10.1. The van der Waals surface area contributed by atoms with E-state index in [-0.39, 0.29) is 42.4 Å². The highest BCUT2D eigenvalue weighted by Gasteiger charge is 2.30. The van der Waals surface area contributed by atoms with Crippen molar-refractivity contribution in [1.29, 1.82) is 0 Å². The third-order valence-electron chi connectivity index (χ3n) is 2.76. The van der Waals surface area contributed by atoms with Crippen molar-refractivity contribution in [3.8, 4) is 5.75 Å². The Morgan fingerprint density at radius 1 is 1.12 bits per heavy atom. The van der Waals surface area contributed by atoms with Crippen molar-refractivity contribution in [1.82, 2.24) is 4.31 Å². The molecule has 0 amide bonds. The molecule has 1 heterocycles. The monoisotopic (exact) mass is 255 g/mol. The summed E-state index contributed by atoms with van der Waals surface area (Å²) >= 11 is 0. The fourth-order valence-electron chi connectivity index (χ4n) is 1.79. The fraction of sp³-hybridized carbons (Fsp3) is 0.364. The summed E-state index contributed by atoms with van der Waals surface area (Å²) in [6, 6.07) is 5.82. The van der Waals surface area contributed by atoms with E-state index >= 15 is 0 Å². The number of sulfonamides is 1. The first-order valence-corrected chi connectivity index (χ1v) is 6.75. The van der Waals surface area contributed by atoms with Crippen LogP contribution < -0.4 is 0 Å². The van der Waals surface area contributed by atoms with Crippen LogP contribution >= 0.6 is 0 Å². The predicted octanol–water partition coefficient (Wildman–Crippen LogP) is 0.746. The van der Waals surface area contributed by atoms with Gasteiger partial charge in [-0.05, 0) is 12.1 Å². The minimum absolute atomic E-state index is 0.0775. The zero-order valence-electron chi connectivity index (χ0n) is 9.17. The van der Waals surface area contributed by atoms with Crippen LogP contribution in [0.3, 0.4) is 0 Å². The highest BCUT2D eigenvalue weighted by Crippen LogP contribution is 2.26. The Bertz CT molecular complexity index is 528. The molecule has 0 atom stereocenters.